The summed E-state index contributed by atoms with van der Waals surface area (Å²) in [7, 11) is 0. The molecule has 0 bridgehead atoms. The standard InChI is InChI=1S/C19H27NO/c1-14(2)11-19(21,12-15(3)4)18(13-20)10-9-16-7-5-6-8-17(16)18/h5-8,14-15,21H,9-12H2,1-4H3. The highest BCUT2D eigenvalue weighted by Gasteiger charge is 2.55. The van der Waals surface area contributed by atoms with Crippen molar-refractivity contribution < 1.29 is 5.11 Å². The largest absolute Gasteiger partial charge is 0.388 e. The summed E-state index contributed by atoms with van der Waals surface area (Å²) in [5.74, 6) is 0.735. The molecule has 0 saturated heterocycles. The number of nitriles is 1. The normalized spacial score (nSPS) is 21.6. The molecule has 0 amide bonds. The average Bonchev–Trinajstić information content (AvgIpc) is 2.77. The minimum absolute atomic E-state index is 0.367. The summed E-state index contributed by atoms with van der Waals surface area (Å²) in [4.78, 5) is 0. The van der Waals surface area contributed by atoms with Crippen LogP contribution in [0.15, 0.2) is 24.3 Å². The topological polar surface area (TPSA) is 44.0 Å². The second kappa shape index (κ2) is 5.81. The lowest BCUT2D eigenvalue weighted by molar-refractivity contribution is -0.0507. The highest BCUT2D eigenvalue weighted by molar-refractivity contribution is 5.47. The number of nitrogens with zero attached hydrogens (tertiary/aromatic N) is 1. The van der Waals surface area contributed by atoms with Gasteiger partial charge in [-0.3, -0.25) is 0 Å². The fourth-order valence-electron chi connectivity index (χ4n) is 4.10. The van der Waals surface area contributed by atoms with E-state index in [4.69, 9.17) is 0 Å². The number of aryl methyl sites for hydroxylation is 1. The van der Waals surface area contributed by atoms with Crippen LogP contribution in [0, 0.1) is 23.2 Å². The van der Waals surface area contributed by atoms with Gasteiger partial charge in [0.05, 0.1) is 11.7 Å². The second-order valence-electron chi connectivity index (χ2n) is 7.40. The predicted molar refractivity (Wildman–Crippen MR) is 85.9 cm³/mol. The molecule has 0 radical (unpaired) electrons. The van der Waals surface area contributed by atoms with E-state index in [2.05, 4.69) is 39.8 Å². The van der Waals surface area contributed by atoms with Crippen molar-refractivity contribution in [3.05, 3.63) is 35.4 Å². The van der Waals surface area contributed by atoms with Crippen molar-refractivity contribution in [1.82, 2.24) is 0 Å². The van der Waals surface area contributed by atoms with E-state index in [-0.39, 0.29) is 0 Å². The van der Waals surface area contributed by atoms with Gasteiger partial charge in [0.25, 0.3) is 0 Å². The van der Waals surface area contributed by atoms with E-state index in [9.17, 15) is 10.4 Å². The van der Waals surface area contributed by atoms with Gasteiger partial charge < -0.3 is 5.11 Å². The molecule has 1 aliphatic rings. The molecule has 0 aromatic heterocycles. The van der Waals surface area contributed by atoms with E-state index < -0.39 is 11.0 Å². The third-order valence-electron chi connectivity index (χ3n) is 4.72. The van der Waals surface area contributed by atoms with Gasteiger partial charge in [-0.05, 0) is 48.6 Å². The maximum atomic E-state index is 11.5. The zero-order valence-corrected chi connectivity index (χ0v) is 13.7. The van der Waals surface area contributed by atoms with E-state index >= 15 is 0 Å². The van der Waals surface area contributed by atoms with Crippen LogP contribution >= 0.6 is 0 Å². The maximum Gasteiger partial charge on any atom is 0.111 e. The Labute approximate surface area is 128 Å². The van der Waals surface area contributed by atoms with Crippen LogP contribution in [0.3, 0.4) is 0 Å². The van der Waals surface area contributed by atoms with Crippen LogP contribution < -0.4 is 0 Å². The second-order valence-corrected chi connectivity index (χ2v) is 7.40. The smallest absolute Gasteiger partial charge is 0.111 e. The summed E-state index contributed by atoms with van der Waals surface area (Å²) < 4.78 is 0. The van der Waals surface area contributed by atoms with E-state index in [1.165, 1.54) is 5.56 Å². The zero-order chi connectivity index (χ0) is 15.7. The van der Waals surface area contributed by atoms with Crippen molar-refractivity contribution in [2.45, 2.75) is 64.4 Å². The van der Waals surface area contributed by atoms with Gasteiger partial charge in [0.15, 0.2) is 0 Å². The third-order valence-corrected chi connectivity index (χ3v) is 4.72. The monoisotopic (exact) mass is 285 g/mol. The SMILES string of the molecule is CC(C)CC(O)(CC(C)C)C1(C#N)CCc2ccccc21. The number of fused-ring (bicyclic) bond motifs is 1. The van der Waals surface area contributed by atoms with Gasteiger partial charge in [-0.1, -0.05) is 52.0 Å². The predicted octanol–water partition coefficient (Wildman–Crippen LogP) is 4.22. The molecular formula is C19H27NO. The molecule has 0 saturated carbocycles. The lowest BCUT2D eigenvalue weighted by atomic mass is 9.63. The first-order chi connectivity index (χ1) is 9.84. The van der Waals surface area contributed by atoms with Crippen LogP contribution in [0.4, 0.5) is 0 Å². The van der Waals surface area contributed by atoms with E-state index in [0.29, 0.717) is 24.7 Å². The number of rotatable bonds is 5. The molecule has 0 heterocycles. The van der Waals surface area contributed by atoms with Gasteiger partial charge in [-0.25, -0.2) is 0 Å². The molecule has 21 heavy (non-hydrogen) atoms. The Kier molecular flexibility index (Phi) is 4.44. The maximum absolute atomic E-state index is 11.5. The molecule has 114 valence electrons. The minimum atomic E-state index is -0.948. The molecule has 1 aromatic carbocycles. The fraction of sp³-hybridized carbons (Fsp3) is 0.632. The summed E-state index contributed by atoms with van der Waals surface area (Å²) in [5.41, 5.74) is 0.579. The van der Waals surface area contributed by atoms with Crippen LogP contribution in [0.5, 0.6) is 0 Å². The summed E-state index contributed by atoms with van der Waals surface area (Å²) in [6, 6.07) is 10.7. The third kappa shape index (κ3) is 2.72. The molecular weight excluding hydrogens is 258 g/mol. The van der Waals surface area contributed by atoms with Crippen molar-refractivity contribution in [2.75, 3.05) is 0 Å². The zero-order valence-electron chi connectivity index (χ0n) is 13.7. The molecule has 0 spiro atoms. The number of aliphatic hydroxyl groups is 1. The first-order valence-corrected chi connectivity index (χ1v) is 8.06. The lowest BCUT2D eigenvalue weighted by Crippen LogP contribution is -2.51. The van der Waals surface area contributed by atoms with E-state index in [1.807, 2.05) is 18.2 Å². The molecule has 1 unspecified atom stereocenters. The van der Waals surface area contributed by atoms with Crippen LogP contribution in [-0.2, 0) is 11.8 Å². The molecule has 2 rings (SSSR count). The Morgan fingerprint density at radius 1 is 1.19 bits per heavy atom. The molecule has 1 atom stereocenters. The quantitative estimate of drug-likeness (QED) is 0.880. The van der Waals surface area contributed by atoms with Crippen molar-refractivity contribution >= 4 is 0 Å². The first-order valence-electron chi connectivity index (χ1n) is 8.06. The van der Waals surface area contributed by atoms with Crippen molar-refractivity contribution in [3.8, 4) is 6.07 Å². The van der Waals surface area contributed by atoms with Crippen LogP contribution in [-0.4, -0.2) is 10.7 Å². The Bertz CT molecular complexity index is 531. The van der Waals surface area contributed by atoms with Crippen LogP contribution in [0.1, 0.15) is 58.1 Å². The minimum Gasteiger partial charge on any atom is -0.388 e. The fourth-order valence-corrected chi connectivity index (χ4v) is 4.10. The molecule has 0 fully saturated rings. The molecule has 2 heteroatoms. The summed E-state index contributed by atoms with van der Waals surface area (Å²) in [6.45, 7) is 8.49. The number of hydrogen-bond acceptors (Lipinski definition) is 2. The average molecular weight is 285 g/mol. The Morgan fingerprint density at radius 3 is 2.29 bits per heavy atom. The lowest BCUT2D eigenvalue weighted by Gasteiger charge is -2.43. The van der Waals surface area contributed by atoms with Gasteiger partial charge in [-0.15, -0.1) is 0 Å². The van der Waals surface area contributed by atoms with Gasteiger partial charge in [0.2, 0.25) is 0 Å². The summed E-state index contributed by atoms with van der Waals surface area (Å²) in [5, 5.41) is 21.5. The van der Waals surface area contributed by atoms with Crippen molar-refractivity contribution in [1.29, 1.82) is 5.26 Å². The first kappa shape index (κ1) is 16.0. The Balaban J connectivity index is 2.54. The number of benzene rings is 1. The molecule has 0 aliphatic heterocycles. The van der Waals surface area contributed by atoms with Gasteiger partial charge in [-0.2, -0.15) is 5.26 Å². The van der Waals surface area contributed by atoms with Crippen LogP contribution in [0.2, 0.25) is 0 Å². The highest BCUT2D eigenvalue weighted by Crippen LogP contribution is 2.50. The van der Waals surface area contributed by atoms with Crippen molar-refractivity contribution in [3.63, 3.8) is 0 Å². The highest BCUT2D eigenvalue weighted by atomic mass is 16.3. The van der Waals surface area contributed by atoms with Crippen LogP contribution in [0.25, 0.3) is 0 Å². The van der Waals surface area contributed by atoms with Gasteiger partial charge in [0, 0.05) is 0 Å². The van der Waals surface area contributed by atoms with E-state index in [1.54, 1.807) is 0 Å². The molecule has 1 aromatic rings. The Morgan fingerprint density at radius 2 is 1.76 bits per heavy atom. The number of hydrogen-bond donors (Lipinski definition) is 1. The Hall–Kier alpha value is -1.33. The van der Waals surface area contributed by atoms with Gasteiger partial charge >= 0.3 is 0 Å². The van der Waals surface area contributed by atoms with E-state index in [0.717, 1.165) is 18.4 Å². The molecule has 2 nitrogen and oxygen atoms in total. The summed E-state index contributed by atoms with van der Waals surface area (Å²) in [6.07, 6.45) is 2.97. The van der Waals surface area contributed by atoms with Gasteiger partial charge in [0.1, 0.15) is 5.41 Å². The summed E-state index contributed by atoms with van der Waals surface area (Å²) >= 11 is 0. The molecule has 1 aliphatic carbocycles. The van der Waals surface area contributed by atoms with Crippen molar-refractivity contribution in [2.24, 2.45) is 11.8 Å². The molecule has 1 N–H and O–H groups in total.